The van der Waals surface area contributed by atoms with Gasteiger partial charge in [-0.2, -0.15) is 0 Å². The van der Waals surface area contributed by atoms with Gasteiger partial charge in [0.2, 0.25) is 0 Å². The van der Waals surface area contributed by atoms with E-state index in [4.69, 9.17) is 0 Å². The van der Waals surface area contributed by atoms with Gasteiger partial charge in [-0.15, -0.1) is 0 Å². The van der Waals surface area contributed by atoms with E-state index >= 15 is 0 Å². The van der Waals surface area contributed by atoms with E-state index in [1.54, 1.807) is 6.07 Å². The van der Waals surface area contributed by atoms with E-state index in [0.29, 0.717) is 5.78 Å². The molecule has 14 heavy (non-hydrogen) atoms. The molecule has 72 valence electrons. The molecular weight excluding hydrogens is 179 g/mol. The third-order valence-electron chi connectivity index (χ3n) is 3.73. The van der Waals surface area contributed by atoms with Gasteiger partial charge in [0.15, 0.2) is 0 Å². The third kappa shape index (κ3) is 0.813. The van der Waals surface area contributed by atoms with Crippen LogP contribution in [-0.4, -0.2) is 5.78 Å². The molecule has 2 unspecified atom stereocenters. The third-order valence-corrected chi connectivity index (χ3v) is 3.73. The molecular formula is C12H11FO. The number of benzene rings is 1. The Labute approximate surface area is 81.9 Å². The van der Waals surface area contributed by atoms with Gasteiger partial charge >= 0.3 is 0 Å². The minimum absolute atomic E-state index is 0.236. The summed E-state index contributed by atoms with van der Waals surface area (Å²) in [5, 5.41) is 0. The predicted molar refractivity (Wildman–Crippen MR) is 50.4 cm³/mol. The molecule has 3 saturated carbocycles. The van der Waals surface area contributed by atoms with Crippen LogP contribution >= 0.6 is 0 Å². The van der Waals surface area contributed by atoms with Gasteiger partial charge in [-0.25, -0.2) is 4.39 Å². The van der Waals surface area contributed by atoms with Crippen LogP contribution in [0.2, 0.25) is 0 Å². The number of hydrogen-bond acceptors (Lipinski definition) is 1. The van der Waals surface area contributed by atoms with Crippen LogP contribution in [0.15, 0.2) is 24.3 Å². The second-order valence-electron chi connectivity index (χ2n) is 4.40. The Morgan fingerprint density at radius 1 is 1.43 bits per heavy atom. The largest absolute Gasteiger partial charge is 0.298 e. The van der Waals surface area contributed by atoms with Gasteiger partial charge in [-0.1, -0.05) is 12.1 Å². The zero-order chi connectivity index (χ0) is 9.76. The van der Waals surface area contributed by atoms with Crippen LogP contribution in [0.25, 0.3) is 0 Å². The van der Waals surface area contributed by atoms with Crippen molar-refractivity contribution in [3.05, 3.63) is 35.6 Å². The topological polar surface area (TPSA) is 17.1 Å². The van der Waals surface area contributed by atoms with Crippen molar-refractivity contribution in [2.24, 2.45) is 5.92 Å². The highest BCUT2D eigenvalue weighted by Crippen LogP contribution is 2.56. The summed E-state index contributed by atoms with van der Waals surface area (Å²) < 4.78 is 13.0. The monoisotopic (exact) mass is 190 g/mol. The van der Waals surface area contributed by atoms with Gasteiger partial charge in [-0.3, -0.25) is 4.79 Å². The van der Waals surface area contributed by atoms with Crippen molar-refractivity contribution in [1.29, 1.82) is 0 Å². The molecule has 0 heterocycles. The molecule has 1 aromatic carbocycles. The Morgan fingerprint density at radius 2 is 2.29 bits per heavy atom. The lowest BCUT2D eigenvalue weighted by molar-refractivity contribution is -0.133. The van der Waals surface area contributed by atoms with Crippen LogP contribution < -0.4 is 0 Å². The molecule has 0 aliphatic heterocycles. The molecule has 0 saturated heterocycles. The van der Waals surface area contributed by atoms with E-state index in [1.807, 2.05) is 6.07 Å². The van der Waals surface area contributed by atoms with E-state index < -0.39 is 0 Å². The predicted octanol–water partition coefficient (Wildman–Crippen LogP) is 2.45. The Hall–Kier alpha value is -1.18. The summed E-state index contributed by atoms with van der Waals surface area (Å²) in [6, 6.07) is 6.51. The van der Waals surface area contributed by atoms with E-state index in [2.05, 4.69) is 0 Å². The Morgan fingerprint density at radius 3 is 2.86 bits per heavy atom. The summed E-state index contributed by atoms with van der Waals surface area (Å²) in [5.41, 5.74) is 0.587. The quantitative estimate of drug-likeness (QED) is 0.664. The van der Waals surface area contributed by atoms with E-state index in [9.17, 15) is 9.18 Å². The second kappa shape index (κ2) is 2.44. The van der Waals surface area contributed by atoms with Crippen molar-refractivity contribution < 1.29 is 9.18 Å². The highest BCUT2D eigenvalue weighted by Gasteiger charge is 2.59. The number of ketones is 1. The van der Waals surface area contributed by atoms with Gasteiger partial charge in [0.25, 0.3) is 0 Å². The first kappa shape index (κ1) is 8.16. The number of carbonyl (C=O) groups excluding carboxylic acids is 1. The van der Waals surface area contributed by atoms with Crippen LogP contribution in [0.4, 0.5) is 4.39 Å². The van der Waals surface area contributed by atoms with Crippen LogP contribution in [0.1, 0.15) is 24.8 Å². The summed E-state index contributed by atoms with van der Waals surface area (Å²) in [6.45, 7) is 0. The average molecular weight is 190 g/mol. The van der Waals surface area contributed by atoms with Gasteiger partial charge < -0.3 is 0 Å². The van der Waals surface area contributed by atoms with Crippen molar-refractivity contribution >= 4 is 5.78 Å². The van der Waals surface area contributed by atoms with Crippen molar-refractivity contribution in [1.82, 2.24) is 0 Å². The molecule has 0 spiro atoms. The Kier molecular flexibility index (Phi) is 1.42. The molecule has 1 nitrogen and oxygen atoms in total. The molecule has 3 aliphatic rings. The second-order valence-corrected chi connectivity index (χ2v) is 4.40. The number of fused-ring (bicyclic) bond motifs is 1. The standard InChI is InChI=1S/C12H11FO/c13-10-3-1-2-9(6-10)12-5-4-8(7-12)11(12)14/h1-3,6,8H,4-5,7H2. The molecule has 2 atom stereocenters. The maximum absolute atomic E-state index is 13.0. The van der Waals surface area contributed by atoms with Crippen molar-refractivity contribution in [2.45, 2.75) is 24.7 Å². The van der Waals surface area contributed by atoms with E-state index in [-0.39, 0.29) is 17.2 Å². The first-order valence-electron chi connectivity index (χ1n) is 5.03. The van der Waals surface area contributed by atoms with E-state index in [1.165, 1.54) is 12.1 Å². The molecule has 1 aromatic rings. The van der Waals surface area contributed by atoms with Gasteiger partial charge in [0, 0.05) is 5.92 Å². The number of Topliss-reactive ketones (excluding diaryl/α,β-unsaturated/α-hetero) is 1. The van der Waals surface area contributed by atoms with Gasteiger partial charge in [0.1, 0.15) is 11.6 Å². The lowest BCUT2D eigenvalue weighted by atomic mass is 9.64. The molecule has 4 rings (SSSR count). The van der Waals surface area contributed by atoms with Crippen LogP contribution in [0.5, 0.6) is 0 Å². The summed E-state index contributed by atoms with van der Waals surface area (Å²) >= 11 is 0. The summed E-state index contributed by atoms with van der Waals surface area (Å²) in [5.74, 6) is 0.376. The Bertz CT molecular complexity index is 409. The van der Waals surface area contributed by atoms with Crippen molar-refractivity contribution in [3.63, 3.8) is 0 Å². The summed E-state index contributed by atoms with van der Waals surface area (Å²) in [4.78, 5) is 11.7. The minimum atomic E-state index is -0.299. The fraction of sp³-hybridized carbons (Fsp3) is 0.417. The van der Waals surface area contributed by atoms with Crippen molar-refractivity contribution in [2.75, 3.05) is 0 Å². The lowest BCUT2D eigenvalue weighted by Gasteiger charge is -2.36. The smallest absolute Gasteiger partial charge is 0.146 e. The molecule has 3 aliphatic carbocycles. The molecule has 3 fully saturated rings. The SMILES string of the molecule is O=C1C2CCC1(c1cccc(F)c1)C2. The lowest BCUT2D eigenvalue weighted by Crippen LogP contribution is -2.44. The normalized spacial score (nSPS) is 34.4. The highest BCUT2D eigenvalue weighted by atomic mass is 19.1. The van der Waals surface area contributed by atoms with Crippen LogP contribution in [-0.2, 0) is 10.2 Å². The van der Waals surface area contributed by atoms with E-state index in [0.717, 1.165) is 24.8 Å². The molecule has 2 heteroatoms. The zero-order valence-electron chi connectivity index (χ0n) is 7.79. The number of carbonyl (C=O) groups is 1. The van der Waals surface area contributed by atoms with Crippen molar-refractivity contribution in [3.8, 4) is 0 Å². The molecule has 0 amide bonds. The fourth-order valence-corrected chi connectivity index (χ4v) is 2.94. The molecule has 0 radical (unpaired) electrons. The average Bonchev–Trinajstić information content (AvgIpc) is 2.75. The summed E-state index contributed by atoms with van der Waals surface area (Å²) in [6.07, 6.45) is 2.85. The fourth-order valence-electron chi connectivity index (χ4n) is 2.94. The summed E-state index contributed by atoms with van der Waals surface area (Å²) in [7, 11) is 0. The Balaban J connectivity index is 2.07. The first-order valence-corrected chi connectivity index (χ1v) is 5.03. The van der Waals surface area contributed by atoms with Crippen LogP contribution in [0, 0.1) is 11.7 Å². The zero-order valence-corrected chi connectivity index (χ0v) is 7.79. The molecule has 2 bridgehead atoms. The number of halogens is 1. The molecule has 0 N–H and O–H groups in total. The van der Waals surface area contributed by atoms with Crippen LogP contribution in [0.3, 0.4) is 0 Å². The highest BCUT2D eigenvalue weighted by molar-refractivity contribution is 6.00. The van der Waals surface area contributed by atoms with Gasteiger partial charge in [0.05, 0.1) is 5.41 Å². The first-order chi connectivity index (χ1) is 6.72. The maximum Gasteiger partial charge on any atom is 0.146 e. The maximum atomic E-state index is 13.0. The minimum Gasteiger partial charge on any atom is -0.298 e. The number of hydrogen-bond donors (Lipinski definition) is 0. The van der Waals surface area contributed by atoms with Gasteiger partial charge in [-0.05, 0) is 37.0 Å². The molecule has 0 aromatic heterocycles. The number of rotatable bonds is 1.